The number of ether oxygens (including phenoxy) is 2. The number of esters is 1. The first-order valence-electron chi connectivity index (χ1n) is 7.81. The first kappa shape index (κ1) is 18.4. The Morgan fingerprint density at radius 2 is 1.56 bits per heavy atom. The summed E-state index contributed by atoms with van der Waals surface area (Å²) in [6.07, 6.45) is -1.19. The lowest BCUT2D eigenvalue weighted by Gasteiger charge is -2.11. The Hall–Kier alpha value is -3.39. The Morgan fingerprint density at radius 1 is 0.889 bits per heavy atom. The van der Waals surface area contributed by atoms with Crippen molar-refractivity contribution in [2.45, 2.75) is 4.90 Å². The van der Waals surface area contributed by atoms with Crippen LogP contribution in [0, 0.1) is 0 Å². The highest BCUT2D eigenvalue weighted by molar-refractivity contribution is 7.90. The normalized spacial score (nSPS) is 11.0. The van der Waals surface area contributed by atoms with Gasteiger partial charge in [0.15, 0.2) is 0 Å². The highest BCUT2D eigenvalue weighted by atomic mass is 32.2. The SMILES string of the molecule is COC(=O)c1ccccc1S(=O)(=O)NC(=O)Oc1ccc2ccccc2c1. The zero-order chi connectivity index (χ0) is 19.4. The number of benzene rings is 3. The van der Waals surface area contributed by atoms with Crippen molar-refractivity contribution in [2.24, 2.45) is 0 Å². The van der Waals surface area contributed by atoms with Gasteiger partial charge in [0.2, 0.25) is 0 Å². The molecule has 0 aliphatic carbocycles. The highest BCUT2D eigenvalue weighted by Crippen LogP contribution is 2.21. The molecule has 0 saturated heterocycles. The quantitative estimate of drug-likeness (QED) is 0.693. The largest absolute Gasteiger partial charge is 0.465 e. The summed E-state index contributed by atoms with van der Waals surface area (Å²) in [4.78, 5) is 23.4. The van der Waals surface area contributed by atoms with Crippen molar-refractivity contribution in [3.63, 3.8) is 0 Å². The van der Waals surface area contributed by atoms with Gasteiger partial charge in [-0.05, 0) is 35.0 Å². The van der Waals surface area contributed by atoms with Gasteiger partial charge in [-0.2, -0.15) is 0 Å². The highest BCUT2D eigenvalue weighted by Gasteiger charge is 2.25. The number of hydrogen-bond acceptors (Lipinski definition) is 6. The van der Waals surface area contributed by atoms with E-state index in [0.717, 1.165) is 17.9 Å². The molecular weight excluding hydrogens is 370 g/mol. The number of methoxy groups -OCH3 is 1. The van der Waals surface area contributed by atoms with E-state index in [-0.39, 0.29) is 16.2 Å². The first-order valence-corrected chi connectivity index (χ1v) is 9.30. The van der Waals surface area contributed by atoms with E-state index in [4.69, 9.17) is 4.74 Å². The fraction of sp³-hybridized carbons (Fsp3) is 0.0526. The van der Waals surface area contributed by atoms with E-state index < -0.39 is 22.1 Å². The van der Waals surface area contributed by atoms with E-state index in [1.54, 1.807) is 22.9 Å². The predicted molar refractivity (Wildman–Crippen MR) is 98.1 cm³/mol. The molecule has 7 nitrogen and oxygen atoms in total. The smallest absolute Gasteiger partial charge is 0.426 e. The maximum Gasteiger partial charge on any atom is 0.426 e. The number of nitrogens with one attached hydrogen (secondary N) is 1. The third-order valence-corrected chi connectivity index (χ3v) is 5.10. The van der Waals surface area contributed by atoms with Crippen LogP contribution in [-0.4, -0.2) is 27.6 Å². The summed E-state index contributed by atoms with van der Waals surface area (Å²) in [5, 5.41) is 1.78. The van der Waals surface area contributed by atoms with Crippen molar-refractivity contribution in [1.82, 2.24) is 4.72 Å². The second kappa shape index (κ2) is 7.46. The Kier molecular flexibility index (Phi) is 5.09. The van der Waals surface area contributed by atoms with Crippen LogP contribution in [0.5, 0.6) is 5.75 Å². The number of carbonyl (C=O) groups is 2. The third kappa shape index (κ3) is 4.06. The van der Waals surface area contributed by atoms with Crippen LogP contribution in [0.15, 0.2) is 71.6 Å². The van der Waals surface area contributed by atoms with Crippen LogP contribution in [0.4, 0.5) is 4.79 Å². The van der Waals surface area contributed by atoms with Gasteiger partial charge in [0.1, 0.15) is 10.6 Å². The van der Waals surface area contributed by atoms with E-state index in [9.17, 15) is 18.0 Å². The van der Waals surface area contributed by atoms with Crippen LogP contribution < -0.4 is 9.46 Å². The van der Waals surface area contributed by atoms with Gasteiger partial charge < -0.3 is 9.47 Å². The molecule has 0 spiro atoms. The molecule has 0 aliphatic rings. The molecule has 8 heteroatoms. The molecule has 27 heavy (non-hydrogen) atoms. The average molecular weight is 385 g/mol. The Balaban J connectivity index is 1.81. The molecule has 0 atom stereocenters. The van der Waals surface area contributed by atoms with Gasteiger partial charge in [0.25, 0.3) is 10.0 Å². The number of carbonyl (C=O) groups excluding carboxylic acids is 2. The minimum atomic E-state index is -4.33. The van der Waals surface area contributed by atoms with E-state index in [2.05, 4.69) is 4.74 Å². The monoisotopic (exact) mass is 385 g/mol. The van der Waals surface area contributed by atoms with Crippen LogP contribution in [0.1, 0.15) is 10.4 Å². The molecule has 138 valence electrons. The van der Waals surface area contributed by atoms with E-state index >= 15 is 0 Å². The van der Waals surface area contributed by atoms with Crippen molar-refractivity contribution < 1.29 is 27.5 Å². The van der Waals surface area contributed by atoms with Gasteiger partial charge >= 0.3 is 12.1 Å². The lowest BCUT2D eigenvalue weighted by molar-refractivity contribution is 0.0596. The molecule has 3 rings (SSSR count). The zero-order valence-corrected chi connectivity index (χ0v) is 15.0. The second-order valence-electron chi connectivity index (χ2n) is 5.49. The minimum Gasteiger partial charge on any atom is -0.465 e. The Labute approximate surface area is 155 Å². The van der Waals surface area contributed by atoms with Crippen molar-refractivity contribution in [3.05, 3.63) is 72.3 Å². The summed E-state index contributed by atoms with van der Waals surface area (Å²) in [7, 11) is -3.20. The molecule has 0 aliphatic heterocycles. The van der Waals surface area contributed by atoms with Gasteiger partial charge in [-0.1, -0.05) is 42.5 Å². The van der Waals surface area contributed by atoms with Crippen molar-refractivity contribution in [3.8, 4) is 5.75 Å². The van der Waals surface area contributed by atoms with Gasteiger partial charge in [-0.3, -0.25) is 0 Å². The molecule has 0 fully saturated rings. The molecule has 3 aromatic carbocycles. The minimum absolute atomic E-state index is 0.183. The van der Waals surface area contributed by atoms with Gasteiger partial charge in [0, 0.05) is 0 Å². The molecule has 3 aromatic rings. The standard InChI is InChI=1S/C19H15NO6S/c1-25-18(21)16-8-4-5-9-17(16)27(23,24)20-19(22)26-15-11-10-13-6-2-3-7-14(13)12-15/h2-12H,1H3,(H,20,22). The second-order valence-corrected chi connectivity index (χ2v) is 7.14. The summed E-state index contributed by atoms with van der Waals surface area (Å²) >= 11 is 0. The van der Waals surface area contributed by atoms with Gasteiger partial charge in [0.05, 0.1) is 12.7 Å². The van der Waals surface area contributed by atoms with E-state index in [0.29, 0.717) is 0 Å². The summed E-state index contributed by atoms with van der Waals surface area (Å²) in [5.74, 6) is -0.651. The van der Waals surface area contributed by atoms with Crippen LogP contribution in [0.3, 0.4) is 0 Å². The Morgan fingerprint density at radius 3 is 2.30 bits per heavy atom. The number of hydrogen-bond donors (Lipinski definition) is 1. The van der Waals surface area contributed by atoms with Crippen LogP contribution in [-0.2, 0) is 14.8 Å². The molecule has 0 unspecified atom stereocenters. The lowest BCUT2D eigenvalue weighted by atomic mass is 10.1. The molecule has 0 bridgehead atoms. The molecular formula is C19H15NO6S. The maximum atomic E-state index is 12.5. The average Bonchev–Trinajstić information content (AvgIpc) is 2.66. The summed E-state index contributed by atoms with van der Waals surface area (Å²) < 4.78 is 36.4. The first-order chi connectivity index (χ1) is 12.9. The molecule has 0 heterocycles. The molecule has 0 aromatic heterocycles. The molecule has 1 N–H and O–H groups in total. The van der Waals surface area contributed by atoms with Crippen LogP contribution in [0.25, 0.3) is 10.8 Å². The maximum absolute atomic E-state index is 12.5. The summed E-state index contributed by atoms with van der Waals surface area (Å²) in [6.45, 7) is 0. The Bertz CT molecular complexity index is 1120. The third-order valence-electron chi connectivity index (χ3n) is 3.73. The summed E-state index contributed by atoms with van der Waals surface area (Å²) in [6, 6.07) is 17.7. The zero-order valence-electron chi connectivity index (χ0n) is 14.2. The summed E-state index contributed by atoms with van der Waals surface area (Å²) in [5.41, 5.74) is -0.189. The molecule has 1 amide bonds. The topological polar surface area (TPSA) is 98.8 Å². The number of rotatable bonds is 4. The van der Waals surface area contributed by atoms with E-state index in [1.807, 2.05) is 24.3 Å². The van der Waals surface area contributed by atoms with E-state index in [1.165, 1.54) is 24.3 Å². The predicted octanol–water partition coefficient (Wildman–Crippen LogP) is 3.10. The molecule has 0 saturated carbocycles. The lowest BCUT2D eigenvalue weighted by Crippen LogP contribution is -2.34. The fourth-order valence-corrected chi connectivity index (χ4v) is 3.57. The molecule has 0 radical (unpaired) electrons. The van der Waals surface area contributed by atoms with Crippen molar-refractivity contribution >= 4 is 32.9 Å². The van der Waals surface area contributed by atoms with Crippen LogP contribution >= 0.6 is 0 Å². The number of fused-ring (bicyclic) bond motifs is 1. The number of amides is 1. The van der Waals surface area contributed by atoms with Crippen molar-refractivity contribution in [1.29, 1.82) is 0 Å². The van der Waals surface area contributed by atoms with Crippen molar-refractivity contribution in [2.75, 3.05) is 7.11 Å². The van der Waals surface area contributed by atoms with Gasteiger partial charge in [-0.25, -0.2) is 22.7 Å². The van der Waals surface area contributed by atoms with Crippen LogP contribution in [0.2, 0.25) is 0 Å². The van der Waals surface area contributed by atoms with Gasteiger partial charge in [-0.15, -0.1) is 0 Å². The fourth-order valence-electron chi connectivity index (χ4n) is 2.50. The number of sulfonamides is 1.